The summed E-state index contributed by atoms with van der Waals surface area (Å²) in [5.41, 5.74) is 4.71. The molecular formula is C33H28F3NO3S. The first-order valence-corrected chi connectivity index (χ1v) is 14.4. The molecular weight excluding hydrogens is 547 g/mol. The van der Waals surface area contributed by atoms with Crippen LogP contribution in [0.5, 0.6) is 0 Å². The quantitative estimate of drug-likeness (QED) is 0.181. The summed E-state index contributed by atoms with van der Waals surface area (Å²) in [7, 11) is -3.85. The first-order chi connectivity index (χ1) is 19.6. The molecule has 0 aromatic heterocycles. The standard InChI is InChI=1S/C33H28F3NO3S/c1-23-8-15-30(16-9-23)41(38,39)40-22-26-5-2-4-24(18-26)20-37-21-25-10-17-32-28(19-25)6-3-7-31(32)27-11-13-29(14-12-27)33(34,35)36/h2-19,37H,20-22H2,1H3. The molecule has 1 N–H and O–H groups in total. The van der Waals surface area contributed by atoms with Gasteiger partial charge >= 0.3 is 6.18 Å². The molecule has 0 aliphatic rings. The van der Waals surface area contributed by atoms with E-state index in [4.69, 9.17) is 4.18 Å². The molecule has 5 rings (SSSR count). The van der Waals surface area contributed by atoms with E-state index in [1.165, 1.54) is 24.3 Å². The summed E-state index contributed by atoms with van der Waals surface area (Å²) in [4.78, 5) is 0.128. The maximum atomic E-state index is 13.0. The van der Waals surface area contributed by atoms with E-state index < -0.39 is 21.9 Å². The Morgan fingerprint density at radius 2 is 1.39 bits per heavy atom. The fourth-order valence-corrected chi connectivity index (χ4v) is 5.53. The van der Waals surface area contributed by atoms with Crippen molar-refractivity contribution >= 4 is 20.9 Å². The van der Waals surface area contributed by atoms with Crippen LogP contribution < -0.4 is 5.32 Å². The van der Waals surface area contributed by atoms with Gasteiger partial charge in [-0.3, -0.25) is 4.18 Å². The van der Waals surface area contributed by atoms with E-state index in [-0.39, 0.29) is 11.5 Å². The zero-order chi connectivity index (χ0) is 29.0. The molecule has 5 aromatic carbocycles. The molecule has 0 unspecified atom stereocenters. The summed E-state index contributed by atoms with van der Waals surface area (Å²) >= 11 is 0. The van der Waals surface area contributed by atoms with Crippen molar-refractivity contribution in [3.63, 3.8) is 0 Å². The Morgan fingerprint density at radius 3 is 2.10 bits per heavy atom. The number of alkyl halides is 3. The van der Waals surface area contributed by atoms with Crippen molar-refractivity contribution in [2.24, 2.45) is 0 Å². The molecule has 0 fully saturated rings. The maximum absolute atomic E-state index is 13.0. The van der Waals surface area contributed by atoms with Gasteiger partial charge in [0.15, 0.2) is 0 Å². The SMILES string of the molecule is Cc1ccc(S(=O)(=O)OCc2cccc(CNCc3ccc4c(-c5ccc(C(F)(F)F)cc5)cccc4c3)c2)cc1. The highest BCUT2D eigenvalue weighted by Gasteiger charge is 2.30. The molecule has 0 saturated carbocycles. The summed E-state index contributed by atoms with van der Waals surface area (Å²) in [5, 5.41) is 5.37. The third-order valence-corrected chi connectivity index (χ3v) is 8.09. The summed E-state index contributed by atoms with van der Waals surface area (Å²) in [5.74, 6) is 0. The molecule has 41 heavy (non-hydrogen) atoms. The minimum absolute atomic E-state index is 0.0595. The lowest BCUT2D eigenvalue weighted by atomic mass is 9.96. The molecule has 4 nitrogen and oxygen atoms in total. The van der Waals surface area contributed by atoms with Gasteiger partial charge < -0.3 is 5.32 Å². The Kier molecular flexibility index (Phi) is 8.26. The molecule has 0 aliphatic heterocycles. The molecule has 0 spiro atoms. The highest BCUT2D eigenvalue weighted by atomic mass is 32.2. The zero-order valence-electron chi connectivity index (χ0n) is 22.3. The number of benzene rings is 5. The second-order valence-electron chi connectivity index (χ2n) is 9.89. The van der Waals surface area contributed by atoms with Crippen LogP contribution in [0.15, 0.2) is 114 Å². The topological polar surface area (TPSA) is 55.4 Å². The third kappa shape index (κ3) is 7.03. The monoisotopic (exact) mass is 575 g/mol. The van der Waals surface area contributed by atoms with Crippen LogP contribution in [-0.4, -0.2) is 8.42 Å². The number of rotatable bonds is 9. The number of hydrogen-bond acceptors (Lipinski definition) is 4. The summed E-state index contributed by atoms with van der Waals surface area (Å²) in [6.07, 6.45) is -4.36. The molecule has 0 bridgehead atoms. The molecule has 0 aliphatic carbocycles. The number of halogens is 3. The fraction of sp³-hybridized carbons (Fsp3) is 0.152. The van der Waals surface area contributed by atoms with Crippen LogP contribution in [0.25, 0.3) is 21.9 Å². The Hall–Kier alpha value is -3.98. The van der Waals surface area contributed by atoms with E-state index in [1.807, 2.05) is 61.5 Å². The lowest BCUT2D eigenvalue weighted by molar-refractivity contribution is -0.137. The average molecular weight is 576 g/mol. The van der Waals surface area contributed by atoms with Crippen LogP contribution >= 0.6 is 0 Å². The first-order valence-electron chi connectivity index (χ1n) is 13.0. The predicted octanol–water partition coefficient (Wildman–Crippen LogP) is 8.03. The van der Waals surface area contributed by atoms with Gasteiger partial charge in [0.2, 0.25) is 0 Å². The minimum Gasteiger partial charge on any atom is -0.309 e. The number of nitrogens with one attached hydrogen (secondary N) is 1. The van der Waals surface area contributed by atoms with Crippen LogP contribution in [0.2, 0.25) is 0 Å². The molecule has 0 saturated heterocycles. The van der Waals surface area contributed by atoms with E-state index in [2.05, 4.69) is 11.4 Å². The molecule has 0 radical (unpaired) electrons. The predicted molar refractivity (Wildman–Crippen MR) is 155 cm³/mol. The van der Waals surface area contributed by atoms with Crippen molar-refractivity contribution in [3.8, 4) is 11.1 Å². The van der Waals surface area contributed by atoms with E-state index in [0.29, 0.717) is 13.1 Å². The van der Waals surface area contributed by atoms with Crippen molar-refractivity contribution in [2.45, 2.75) is 37.7 Å². The lowest BCUT2D eigenvalue weighted by Gasteiger charge is -2.12. The second-order valence-corrected chi connectivity index (χ2v) is 11.5. The Morgan fingerprint density at radius 1 is 0.732 bits per heavy atom. The van der Waals surface area contributed by atoms with Crippen molar-refractivity contribution in [1.82, 2.24) is 5.32 Å². The number of fused-ring (bicyclic) bond motifs is 1. The van der Waals surface area contributed by atoms with Gasteiger partial charge in [-0.1, -0.05) is 84.4 Å². The van der Waals surface area contributed by atoms with Crippen molar-refractivity contribution in [1.29, 1.82) is 0 Å². The van der Waals surface area contributed by atoms with Crippen LogP contribution in [0.1, 0.15) is 27.8 Å². The molecule has 0 atom stereocenters. The number of hydrogen-bond donors (Lipinski definition) is 1. The maximum Gasteiger partial charge on any atom is 0.416 e. The third-order valence-electron chi connectivity index (χ3n) is 6.81. The average Bonchev–Trinajstić information content (AvgIpc) is 2.96. The van der Waals surface area contributed by atoms with E-state index in [0.717, 1.165) is 56.3 Å². The van der Waals surface area contributed by atoms with E-state index in [1.54, 1.807) is 12.1 Å². The summed E-state index contributed by atoms with van der Waals surface area (Å²) in [6, 6.07) is 31.2. The highest BCUT2D eigenvalue weighted by molar-refractivity contribution is 7.86. The van der Waals surface area contributed by atoms with Gasteiger partial charge in [-0.25, -0.2) is 0 Å². The van der Waals surface area contributed by atoms with Gasteiger partial charge in [-0.2, -0.15) is 21.6 Å². The largest absolute Gasteiger partial charge is 0.416 e. The van der Waals surface area contributed by atoms with E-state index in [9.17, 15) is 21.6 Å². The summed E-state index contributed by atoms with van der Waals surface area (Å²) in [6.45, 7) is 3.00. The van der Waals surface area contributed by atoms with Crippen molar-refractivity contribution in [2.75, 3.05) is 0 Å². The summed E-state index contributed by atoms with van der Waals surface area (Å²) < 4.78 is 69.2. The molecule has 210 valence electrons. The van der Waals surface area contributed by atoms with Gasteiger partial charge in [0.25, 0.3) is 10.1 Å². The van der Waals surface area contributed by atoms with Crippen LogP contribution in [-0.2, 0) is 40.2 Å². The molecule has 0 amide bonds. The normalized spacial score (nSPS) is 12.1. The van der Waals surface area contributed by atoms with Gasteiger partial charge in [-0.15, -0.1) is 0 Å². The van der Waals surface area contributed by atoms with Crippen LogP contribution in [0.3, 0.4) is 0 Å². The number of aryl methyl sites for hydroxylation is 1. The lowest BCUT2D eigenvalue weighted by Crippen LogP contribution is -2.13. The van der Waals surface area contributed by atoms with Gasteiger partial charge in [0, 0.05) is 13.1 Å². The molecule has 0 heterocycles. The molecule has 5 aromatic rings. The zero-order valence-corrected chi connectivity index (χ0v) is 23.1. The Bertz CT molecular complexity index is 1770. The second kappa shape index (κ2) is 11.9. The van der Waals surface area contributed by atoms with Gasteiger partial charge in [-0.05, 0) is 75.8 Å². The fourth-order valence-electron chi connectivity index (χ4n) is 4.63. The van der Waals surface area contributed by atoms with E-state index >= 15 is 0 Å². The first kappa shape index (κ1) is 28.5. The van der Waals surface area contributed by atoms with Crippen molar-refractivity contribution < 1.29 is 25.8 Å². The van der Waals surface area contributed by atoms with Crippen LogP contribution in [0, 0.1) is 6.92 Å². The van der Waals surface area contributed by atoms with Gasteiger partial charge in [0.05, 0.1) is 17.1 Å². The minimum atomic E-state index is -4.36. The molecule has 8 heteroatoms. The van der Waals surface area contributed by atoms with Gasteiger partial charge in [0.1, 0.15) is 0 Å². The van der Waals surface area contributed by atoms with Crippen molar-refractivity contribution in [3.05, 3.63) is 137 Å². The van der Waals surface area contributed by atoms with Crippen LogP contribution in [0.4, 0.5) is 13.2 Å². The Balaban J connectivity index is 1.21. The highest BCUT2D eigenvalue weighted by Crippen LogP contribution is 2.33. The smallest absolute Gasteiger partial charge is 0.309 e. The Labute approximate surface area is 237 Å².